The highest BCUT2D eigenvalue weighted by Crippen LogP contribution is 2.18. The van der Waals surface area contributed by atoms with E-state index in [0.29, 0.717) is 5.56 Å². The van der Waals surface area contributed by atoms with E-state index in [2.05, 4.69) is 42.7 Å². The first-order valence-corrected chi connectivity index (χ1v) is 6.85. The van der Waals surface area contributed by atoms with E-state index >= 15 is 0 Å². The van der Waals surface area contributed by atoms with E-state index in [1.165, 1.54) is 10.4 Å². The number of benzene rings is 1. The van der Waals surface area contributed by atoms with Crippen LogP contribution in [0.15, 0.2) is 35.7 Å². The van der Waals surface area contributed by atoms with Gasteiger partial charge in [0.2, 0.25) is 0 Å². The first kappa shape index (κ1) is 12.8. The predicted molar refractivity (Wildman–Crippen MR) is 75.5 cm³/mol. The predicted octanol–water partition coefficient (Wildman–Crippen LogP) is 3.78. The molecule has 0 radical (unpaired) electrons. The van der Waals surface area contributed by atoms with Gasteiger partial charge in [0, 0.05) is 17.5 Å². The van der Waals surface area contributed by atoms with E-state index in [-0.39, 0.29) is 6.04 Å². The van der Waals surface area contributed by atoms with Crippen molar-refractivity contribution < 1.29 is 0 Å². The van der Waals surface area contributed by atoms with Crippen molar-refractivity contribution in [3.8, 4) is 6.07 Å². The SMILES string of the molecule is Cc1ccsc1CNC(C)c1cccc(C#N)c1. The van der Waals surface area contributed by atoms with Crippen molar-refractivity contribution in [2.45, 2.75) is 26.4 Å². The summed E-state index contributed by atoms with van der Waals surface area (Å²) >= 11 is 1.78. The van der Waals surface area contributed by atoms with Crippen LogP contribution in [0.3, 0.4) is 0 Å². The van der Waals surface area contributed by atoms with Crippen molar-refractivity contribution in [1.82, 2.24) is 5.32 Å². The third-order valence-corrected chi connectivity index (χ3v) is 4.08. The smallest absolute Gasteiger partial charge is 0.0991 e. The second-order valence-electron chi connectivity index (χ2n) is 4.37. The van der Waals surface area contributed by atoms with E-state index in [0.717, 1.165) is 12.1 Å². The summed E-state index contributed by atoms with van der Waals surface area (Å²) in [4.78, 5) is 1.37. The van der Waals surface area contributed by atoms with Gasteiger partial charge in [-0.05, 0) is 48.6 Å². The van der Waals surface area contributed by atoms with Crippen LogP contribution in [-0.4, -0.2) is 0 Å². The van der Waals surface area contributed by atoms with Crippen LogP contribution in [-0.2, 0) is 6.54 Å². The van der Waals surface area contributed by atoms with Gasteiger partial charge in [-0.2, -0.15) is 5.26 Å². The zero-order chi connectivity index (χ0) is 13.0. The van der Waals surface area contributed by atoms with Crippen LogP contribution in [0.25, 0.3) is 0 Å². The monoisotopic (exact) mass is 256 g/mol. The molecule has 2 nitrogen and oxygen atoms in total. The molecule has 0 saturated heterocycles. The summed E-state index contributed by atoms with van der Waals surface area (Å²) in [5.74, 6) is 0. The average molecular weight is 256 g/mol. The molecular weight excluding hydrogens is 240 g/mol. The highest BCUT2D eigenvalue weighted by molar-refractivity contribution is 7.10. The maximum Gasteiger partial charge on any atom is 0.0991 e. The summed E-state index contributed by atoms with van der Waals surface area (Å²) in [7, 11) is 0. The van der Waals surface area contributed by atoms with Gasteiger partial charge in [0.1, 0.15) is 0 Å². The standard InChI is InChI=1S/C15H16N2S/c1-11-6-7-18-15(11)10-17-12(2)14-5-3-4-13(8-14)9-16/h3-8,12,17H,10H2,1-2H3. The fraction of sp³-hybridized carbons (Fsp3) is 0.267. The second kappa shape index (κ2) is 5.81. The largest absolute Gasteiger partial charge is 0.305 e. The lowest BCUT2D eigenvalue weighted by Gasteiger charge is -2.14. The highest BCUT2D eigenvalue weighted by Gasteiger charge is 2.07. The lowest BCUT2D eigenvalue weighted by Crippen LogP contribution is -2.17. The van der Waals surface area contributed by atoms with Gasteiger partial charge in [-0.1, -0.05) is 12.1 Å². The molecule has 0 aliphatic carbocycles. The molecule has 1 N–H and O–H groups in total. The molecule has 0 aliphatic heterocycles. The molecule has 3 heteroatoms. The van der Waals surface area contributed by atoms with Gasteiger partial charge in [0.25, 0.3) is 0 Å². The van der Waals surface area contributed by atoms with Crippen molar-refractivity contribution >= 4 is 11.3 Å². The number of nitrogens with zero attached hydrogens (tertiary/aromatic N) is 1. The molecule has 92 valence electrons. The molecule has 0 bridgehead atoms. The van der Waals surface area contributed by atoms with Crippen molar-refractivity contribution in [1.29, 1.82) is 5.26 Å². The maximum atomic E-state index is 8.89. The lowest BCUT2D eigenvalue weighted by molar-refractivity contribution is 0.578. The Bertz CT molecular complexity index is 566. The van der Waals surface area contributed by atoms with Gasteiger partial charge in [-0.3, -0.25) is 0 Å². The van der Waals surface area contributed by atoms with Crippen LogP contribution < -0.4 is 5.32 Å². The van der Waals surface area contributed by atoms with Crippen LogP contribution in [0.4, 0.5) is 0 Å². The minimum Gasteiger partial charge on any atom is -0.305 e. The average Bonchev–Trinajstić information content (AvgIpc) is 2.81. The highest BCUT2D eigenvalue weighted by atomic mass is 32.1. The number of hydrogen-bond acceptors (Lipinski definition) is 3. The van der Waals surface area contributed by atoms with E-state index in [1.54, 1.807) is 11.3 Å². The van der Waals surface area contributed by atoms with Crippen molar-refractivity contribution in [2.75, 3.05) is 0 Å². The molecule has 0 amide bonds. The summed E-state index contributed by atoms with van der Waals surface area (Å²) in [6.07, 6.45) is 0. The summed E-state index contributed by atoms with van der Waals surface area (Å²) in [5.41, 5.74) is 3.21. The molecule has 0 spiro atoms. The summed E-state index contributed by atoms with van der Waals surface area (Å²) in [5, 5.41) is 14.5. The van der Waals surface area contributed by atoms with Crippen LogP contribution in [0.1, 0.15) is 34.5 Å². The molecule has 2 rings (SSSR count). The van der Waals surface area contributed by atoms with Gasteiger partial charge in [0.05, 0.1) is 11.6 Å². The van der Waals surface area contributed by atoms with Crippen LogP contribution in [0.2, 0.25) is 0 Å². The Kier molecular flexibility index (Phi) is 4.14. The van der Waals surface area contributed by atoms with Crippen molar-refractivity contribution in [2.24, 2.45) is 0 Å². The topological polar surface area (TPSA) is 35.8 Å². The normalized spacial score (nSPS) is 12.1. The van der Waals surface area contributed by atoms with Gasteiger partial charge in [-0.25, -0.2) is 0 Å². The van der Waals surface area contributed by atoms with E-state index in [1.807, 2.05) is 18.2 Å². The summed E-state index contributed by atoms with van der Waals surface area (Å²) < 4.78 is 0. The molecule has 1 atom stereocenters. The molecule has 1 unspecified atom stereocenters. The minimum absolute atomic E-state index is 0.250. The van der Waals surface area contributed by atoms with Crippen molar-refractivity contribution in [3.05, 3.63) is 57.3 Å². The fourth-order valence-electron chi connectivity index (χ4n) is 1.83. The van der Waals surface area contributed by atoms with Crippen molar-refractivity contribution in [3.63, 3.8) is 0 Å². The molecule has 2 aromatic rings. The molecular formula is C15H16N2S. The van der Waals surface area contributed by atoms with Gasteiger partial charge >= 0.3 is 0 Å². The minimum atomic E-state index is 0.250. The van der Waals surface area contributed by atoms with Gasteiger partial charge < -0.3 is 5.32 Å². The molecule has 0 fully saturated rings. The Morgan fingerprint density at radius 2 is 2.22 bits per heavy atom. The molecule has 0 aliphatic rings. The Morgan fingerprint density at radius 1 is 1.39 bits per heavy atom. The summed E-state index contributed by atoms with van der Waals surface area (Å²) in [6, 6.07) is 12.3. The van der Waals surface area contributed by atoms with Crippen LogP contribution >= 0.6 is 11.3 Å². The lowest BCUT2D eigenvalue weighted by atomic mass is 10.1. The molecule has 18 heavy (non-hydrogen) atoms. The van der Waals surface area contributed by atoms with Crippen LogP contribution in [0.5, 0.6) is 0 Å². The number of rotatable bonds is 4. The number of nitriles is 1. The fourth-order valence-corrected chi connectivity index (χ4v) is 2.68. The Labute approximate surface area is 112 Å². The molecule has 0 saturated carbocycles. The number of hydrogen-bond donors (Lipinski definition) is 1. The third-order valence-electron chi connectivity index (χ3n) is 3.05. The van der Waals surface area contributed by atoms with Gasteiger partial charge in [0.15, 0.2) is 0 Å². The molecule has 1 aromatic heterocycles. The summed E-state index contributed by atoms with van der Waals surface area (Å²) in [6.45, 7) is 5.13. The number of aryl methyl sites for hydroxylation is 1. The number of thiophene rings is 1. The maximum absolute atomic E-state index is 8.89. The number of nitrogens with one attached hydrogen (secondary N) is 1. The van der Waals surface area contributed by atoms with E-state index in [4.69, 9.17) is 5.26 Å². The molecule has 1 heterocycles. The Balaban J connectivity index is 2.01. The van der Waals surface area contributed by atoms with Gasteiger partial charge in [-0.15, -0.1) is 11.3 Å². The second-order valence-corrected chi connectivity index (χ2v) is 5.37. The van der Waals surface area contributed by atoms with E-state index < -0.39 is 0 Å². The quantitative estimate of drug-likeness (QED) is 0.903. The third kappa shape index (κ3) is 2.98. The zero-order valence-corrected chi connectivity index (χ0v) is 11.4. The Morgan fingerprint density at radius 3 is 2.89 bits per heavy atom. The first-order valence-electron chi connectivity index (χ1n) is 5.97. The zero-order valence-electron chi connectivity index (χ0n) is 10.6. The van der Waals surface area contributed by atoms with Crippen LogP contribution in [0, 0.1) is 18.3 Å². The molecule has 1 aromatic carbocycles. The van der Waals surface area contributed by atoms with E-state index in [9.17, 15) is 0 Å². The first-order chi connectivity index (χ1) is 8.70. The Hall–Kier alpha value is -1.63.